The SMILES string of the molecule is O=C(COc1cc(Cl)c(Cl)cc1Cl)Nc1nc2c(s1)CCC2. The molecule has 1 aliphatic carbocycles. The summed E-state index contributed by atoms with van der Waals surface area (Å²) in [5, 5.41) is 4.29. The fourth-order valence-corrected chi connectivity index (χ4v) is 3.81. The molecule has 1 N–H and O–H groups in total. The van der Waals surface area contributed by atoms with Gasteiger partial charge < -0.3 is 4.74 Å². The predicted octanol–water partition coefficient (Wildman–Crippen LogP) is 4.61. The Balaban J connectivity index is 1.59. The average Bonchev–Trinajstić information content (AvgIpc) is 3.02. The molecule has 1 aromatic heterocycles. The van der Waals surface area contributed by atoms with Crippen LogP contribution in [0.1, 0.15) is 17.0 Å². The summed E-state index contributed by atoms with van der Waals surface area (Å²) >= 11 is 19.2. The van der Waals surface area contributed by atoms with Crippen molar-refractivity contribution in [2.45, 2.75) is 19.3 Å². The van der Waals surface area contributed by atoms with Crippen LogP contribution in [0.25, 0.3) is 0 Å². The summed E-state index contributed by atoms with van der Waals surface area (Å²) in [6.07, 6.45) is 3.16. The van der Waals surface area contributed by atoms with Gasteiger partial charge >= 0.3 is 0 Å². The maximum absolute atomic E-state index is 11.9. The Morgan fingerprint density at radius 1 is 1.23 bits per heavy atom. The second kappa shape index (κ2) is 6.62. The van der Waals surface area contributed by atoms with Crippen molar-refractivity contribution in [1.82, 2.24) is 4.98 Å². The van der Waals surface area contributed by atoms with Crippen molar-refractivity contribution >= 4 is 57.2 Å². The molecule has 0 unspecified atom stereocenters. The number of benzene rings is 1. The lowest BCUT2D eigenvalue weighted by atomic mass is 10.3. The van der Waals surface area contributed by atoms with Crippen molar-refractivity contribution in [1.29, 1.82) is 0 Å². The van der Waals surface area contributed by atoms with E-state index in [2.05, 4.69) is 10.3 Å². The summed E-state index contributed by atoms with van der Waals surface area (Å²) in [4.78, 5) is 17.6. The number of carbonyl (C=O) groups excluding carboxylic acids is 1. The number of anilines is 1. The zero-order valence-electron chi connectivity index (χ0n) is 11.3. The quantitative estimate of drug-likeness (QED) is 0.792. The number of hydrogen-bond acceptors (Lipinski definition) is 4. The molecule has 0 bridgehead atoms. The number of fused-ring (bicyclic) bond motifs is 1. The molecule has 0 fully saturated rings. The molecule has 22 heavy (non-hydrogen) atoms. The van der Waals surface area contributed by atoms with Gasteiger partial charge in [0.2, 0.25) is 0 Å². The first-order chi connectivity index (χ1) is 10.5. The van der Waals surface area contributed by atoms with Gasteiger partial charge in [-0.05, 0) is 25.3 Å². The maximum Gasteiger partial charge on any atom is 0.264 e. The molecule has 1 heterocycles. The molecule has 4 nitrogen and oxygen atoms in total. The van der Waals surface area contributed by atoms with Gasteiger partial charge in [-0.25, -0.2) is 4.98 Å². The third-order valence-electron chi connectivity index (χ3n) is 3.18. The summed E-state index contributed by atoms with van der Waals surface area (Å²) in [6.45, 7) is -0.179. The van der Waals surface area contributed by atoms with Crippen LogP contribution >= 0.6 is 46.1 Å². The molecule has 8 heteroatoms. The van der Waals surface area contributed by atoms with E-state index in [1.54, 1.807) is 0 Å². The first kappa shape index (κ1) is 15.9. The van der Waals surface area contributed by atoms with Gasteiger partial charge in [0, 0.05) is 10.9 Å². The molecule has 116 valence electrons. The molecule has 1 amide bonds. The number of hydrogen-bond donors (Lipinski definition) is 1. The van der Waals surface area contributed by atoms with E-state index in [1.165, 1.54) is 28.3 Å². The van der Waals surface area contributed by atoms with Crippen LogP contribution in [0.2, 0.25) is 15.1 Å². The summed E-state index contributed by atoms with van der Waals surface area (Å²) in [7, 11) is 0. The van der Waals surface area contributed by atoms with Crippen molar-refractivity contribution in [3.05, 3.63) is 37.8 Å². The maximum atomic E-state index is 11.9. The highest BCUT2D eigenvalue weighted by Gasteiger charge is 2.18. The highest BCUT2D eigenvalue weighted by atomic mass is 35.5. The van der Waals surface area contributed by atoms with Crippen LogP contribution in [-0.2, 0) is 17.6 Å². The standard InChI is InChI=1S/C14H11Cl3N2O2S/c15-7-4-9(17)11(5-8(7)16)21-6-13(20)19-14-18-10-2-1-3-12(10)22-14/h4-5H,1-3,6H2,(H,18,19,20). The van der Waals surface area contributed by atoms with Crippen LogP contribution in [-0.4, -0.2) is 17.5 Å². The van der Waals surface area contributed by atoms with Gasteiger partial charge in [-0.2, -0.15) is 0 Å². The Morgan fingerprint density at radius 3 is 2.77 bits per heavy atom. The largest absolute Gasteiger partial charge is 0.482 e. The van der Waals surface area contributed by atoms with Gasteiger partial charge in [0.25, 0.3) is 5.91 Å². The third-order valence-corrected chi connectivity index (χ3v) is 5.27. The highest BCUT2D eigenvalue weighted by molar-refractivity contribution is 7.15. The minimum atomic E-state index is -0.297. The Labute approximate surface area is 146 Å². The van der Waals surface area contributed by atoms with Crippen molar-refractivity contribution in [2.75, 3.05) is 11.9 Å². The van der Waals surface area contributed by atoms with Crippen molar-refractivity contribution in [3.8, 4) is 5.75 Å². The number of carbonyl (C=O) groups is 1. The summed E-state index contributed by atoms with van der Waals surface area (Å²) < 4.78 is 5.37. The number of rotatable bonds is 4. The number of ether oxygens (including phenoxy) is 1. The molecule has 0 spiro atoms. The summed E-state index contributed by atoms with van der Waals surface area (Å²) in [5.74, 6) is 0.0161. The first-order valence-corrected chi connectivity index (χ1v) is 8.54. The third kappa shape index (κ3) is 3.49. The molecule has 1 aromatic carbocycles. The van der Waals surface area contributed by atoms with Crippen LogP contribution < -0.4 is 10.1 Å². The summed E-state index contributed by atoms with van der Waals surface area (Å²) in [5.41, 5.74) is 1.09. The fraction of sp³-hybridized carbons (Fsp3) is 0.286. The molecule has 0 radical (unpaired) electrons. The zero-order chi connectivity index (χ0) is 15.7. The number of nitrogens with zero attached hydrogens (tertiary/aromatic N) is 1. The Bertz CT molecular complexity index is 712. The molecule has 2 aromatic rings. The zero-order valence-corrected chi connectivity index (χ0v) is 14.4. The predicted molar refractivity (Wildman–Crippen MR) is 89.7 cm³/mol. The van der Waals surface area contributed by atoms with Gasteiger partial charge in [0.05, 0.1) is 20.8 Å². The van der Waals surface area contributed by atoms with Gasteiger partial charge in [-0.3, -0.25) is 10.1 Å². The number of thiazole rings is 1. The normalized spacial score (nSPS) is 13.0. The minimum Gasteiger partial charge on any atom is -0.482 e. The van der Waals surface area contributed by atoms with E-state index in [9.17, 15) is 4.79 Å². The topological polar surface area (TPSA) is 51.2 Å². The van der Waals surface area contributed by atoms with Gasteiger partial charge in [0.1, 0.15) is 5.75 Å². The molecule has 0 saturated heterocycles. The second-order valence-electron chi connectivity index (χ2n) is 4.78. The van der Waals surface area contributed by atoms with Gasteiger partial charge in [-0.15, -0.1) is 11.3 Å². The van der Waals surface area contributed by atoms with Crippen LogP contribution in [0.4, 0.5) is 5.13 Å². The molecule has 0 aliphatic heterocycles. The van der Waals surface area contributed by atoms with E-state index in [4.69, 9.17) is 39.5 Å². The molecular formula is C14H11Cl3N2O2S. The number of amides is 1. The van der Waals surface area contributed by atoms with Crippen molar-refractivity contribution in [2.24, 2.45) is 0 Å². The lowest BCUT2D eigenvalue weighted by Gasteiger charge is -2.08. The van der Waals surface area contributed by atoms with Gasteiger partial charge in [-0.1, -0.05) is 34.8 Å². The van der Waals surface area contributed by atoms with Crippen LogP contribution in [0, 0.1) is 0 Å². The minimum absolute atomic E-state index is 0.179. The fourth-order valence-electron chi connectivity index (χ4n) is 2.16. The van der Waals surface area contributed by atoms with E-state index in [1.807, 2.05) is 0 Å². The van der Waals surface area contributed by atoms with Crippen molar-refractivity contribution in [3.63, 3.8) is 0 Å². The second-order valence-corrected chi connectivity index (χ2v) is 7.08. The van der Waals surface area contributed by atoms with E-state index >= 15 is 0 Å². The van der Waals surface area contributed by atoms with E-state index < -0.39 is 0 Å². The molecule has 0 atom stereocenters. The number of aromatic nitrogens is 1. The number of halogens is 3. The Hall–Kier alpha value is -1.01. The molecule has 1 aliphatic rings. The van der Waals surface area contributed by atoms with E-state index in [0.717, 1.165) is 25.0 Å². The highest BCUT2D eigenvalue weighted by Crippen LogP contribution is 2.34. The number of nitrogens with one attached hydrogen (secondary N) is 1. The smallest absolute Gasteiger partial charge is 0.264 e. The average molecular weight is 378 g/mol. The summed E-state index contributed by atoms with van der Waals surface area (Å²) in [6, 6.07) is 2.96. The lowest BCUT2D eigenvalue weighted by molar-refractivity contribution is -0.118. The molecule has 0 saturated carbocycles. The number of aryl methyl sites for hydroxylation is 2. The Kier molecular flexibility index (Phi) is 4.78. The molecular weight excluding hydrogens is 367 g/mol. The van der Waals surface area contributed by atoms with Gasteiger partial charge in [0.15, 0.2) is 11.7 Å². The first-order valence-electron chi connectivity index (χ1n) is 6.58. The van der Waals surface area contributed by atoms with Crippen LogP contribution in [0.15, 0.2) is 12.1 Å². The van der Waals surface area contributed by atoms with E-state index in [0.29, 0.717) is 25.9 Å². The molecule has 3 rings (SSSR count). The van der Waals surface area contributed by atoms with Crippen LogP contribution in [0.5, 0.6) is 5.75 Å². The Morgan fingerprint density at radius 2 is 2.00 bits per heavy atom. The van der Waals surface area contributed by atoms with Crippen molar-refractivity contribution < 1.29 is 9.53 Å². The monoisotopic (exact) mass is 376 g/mol. The van der Waals surface area contributed by atoms with E-state index in [-0.39, 0.29) is 12.5 Å². The van der Waals surface area contributed by atoms with Crippen LogP contribution in [0.3, 0.4) is 0 Å². The lowest BCUT2D eigenvalue weighted by Crippen LogP contribution is -2.20.